The van der Waals surface area contributed by atoms with Crippen LogP contribution in [-0.4, -0.2) is 38.3 Å². The van der Waals surface area contributed by atoms with Gasteiger partial charge in [0, 0.05) is 42.5 Å². The standard InChI is InChI=1S/C23H26ClF3N2O4/c24-16-3-4-18(15(10-16)13-30)19-11-21(33)29(20(28-19)2-1-6-23(25,26)27)12-17(32)5-7-22(14-31)8-9-22/h3-4,10-11,30-31H,1-2,5-9,12-14H2. The summed E-state index contributed by atoms with van der Waals surface area (Å²) in [5.41, 5.74) is 0.283. The van der Waals surface area contributed by atoms with Gasteiger partial charge < -0.3 is 10.2 Å². The highest BCUT2D eigenvalue weighted by atomic mass is 35.5. The number of halogens is 4. The highest BCUT2D eigenvalue weighted by molar-refractivity contribution is 6.30. The number of nitrogens with zero attached hydrogens (tertiary/aromatic N) is 2. The van der Waals surface area contributed by atoms with E-state index in [1.54, 1.807) is 12.1 Å². The number of Topliss-reactive ketones (excluding diaryl/α,β-unsaturated/α-hetero) is 1. The van der Waals surface area contributed by atoms with Crippen LogP contribution in [0.5, 0.6) is 0 Å². The number of aryl methyl sites for hydroxylation is 1. The minimum atomic E-state index is -4.35. The van der Waals surface area contributed by atoms with Gasteiger partial charge in [0.15, 0.2) is 5.78 Å². The highest BCUT2D eigenvalue weighted by Gasteiger charge is 2.41. The number of hydrogen-bond donors (Lipinski definition) is 2. The van der Waals surface area contributed by atoms with Crippen LogP contribution in [-0.2, 0) is 24.4 Å². The first-order chi connectivity index (χ1) is 15.6. The molecule has 1 aromatic carbocycles. The molecule has 0 radical (unpaired) electrons. The van der Waals surface area contributed by atoms with Gasteiger partial charge in [0.2, 0.25) is 0 Å². The molecule has 1 fully saturated rings. The van der Waals surface area contributed by atoms with Crippen molar-refractivity contribution in [3.8, 4) is 11.3 Å². The minimum absolute atomic E-state index is 0.00740. The average molecular weight is 487 g/mol. The van der Waals surface area contributed by atoms with Crippen LogP contribution in [0.3, 0.4) is 0 Å². The summed E-state index contributed by atoms with van der Waals surface area (Å²) < 4.78 is 39.2. The Morgan fingerprint density at radius 3 is 2.55 bits per heavy atom. The number of benzene rings is 1. The second kappa shape index (κ2) is 10.4. The number of aliphatic hydroxyl groups excluding tert-OH is 2. The molecule has 3 rings (SSSR count). The predicted octanol–water partition coefficient (Wildman–Crippen LogP) is 4.06. The molecule has 0 spiro atoms. The normalized spacial score (nSPS) is 15.0. The number of rotatable bonds is 11. The molecule has 6 nitrogen and oxygen atoms in total. The lowest BCUT2D eigenvalue weighted by molar-refractivity contribution is -0.135. The topological polar surface area (TPSA) is 92.4 Å². The molecule has 33 heavy (non-hydrogen) atoms. The minimum Gasteiger partial charge on any atom is -0.396 e. The Hall–Kier alpha value is -2.23. The maximum absolute atomic E-state index is 12.9. The third-order valence-corrected chi connectivity index (χ3v) is 6.26. The molecule has 0 unspecified atom stereocenters. The zero-order chi connectivity index (χ0) is 24.2. The van der Waals surface area contributed by atoms with E-state index in [0.29, 0.717) is 22.6 Å². The van der Waals surface area contributed by atoms with Crippen LogP contribution in [0.1, 0.15) is 49.9 Å². The van der Waals surface area contributed by atoms with E-state index in [1.807, 2.05) is 0 Å². The van der Waals surface area contributed by atoms with Gasteiger partial charge in [0.05, 0.1) is 18.8 Å². The number of hydrogen-bond acceptors (Lipinski definition) is 5. The van der Waals surface area contributed by atoms with E-state index in [2.05, 4.69) is 4.98 Å². The number of carbonyl (C=O) groups excluding carboxylic acids is 1. The van der Waals surface area contributed by atoms with Gasteiger partial charge in [0.25, 0.3) is 5.56 Å². The fourth-order valence-electron chi connectivity index (χ4n) is 3.77. The van der Waals surface area contributed by atoms with Crippen molar-refractivity contribution in [1.82, 2.24) is 9.55 Å². The van der Waals surface area contributed by atoms with Crippen LogP contribution in [0.4, 0.5) is 13.2 Å². The zero-order valence-corrected chi connectivity index (χ0v) is 18.8. The summed E-state index contributed by atoms with van der Waals surface area (Å²) in [5.74, 6) is -0.164. The lowest BCUT2D eigenvalue weighted by Crippen LogP contribution is -2.29. The van der Waals surface area contributed by atoms with Crippen molar-refractivity contribution in [1.29, 1.82) is 0 Å². The predicted molar refractivity (Wildman–Crippen MR) is 117 cm³/mol. The Labute approximate surface area is 194 Å². The SMILES string of the molecule is O=C(CCC1(CO)CC1)Cn1c(CCCC(F)(F)F)nc(-c2ccc(Cl)cc2CO)cc1=O. The first-order valence-corrected chi connectivity index (χ1v) is 11.1. The molecule has 1 aromatic heterocycles. The van der Waals surface area contributed by atoms with E-state index in [9.17, 15) is 33.0 Å². The molecule has 10 heteroatoms. The first kappa shape index (κ1) is 25.4. The number of alkyl halides is 3. The molecule has 0 amide bonds. The smallest absolute Gasteiger partial charge is 0.389 e. The van der Waals surface area contributed by atoms with Gasteiger partial charge in [-0.2, -0.15) is 13.2 Å². The number of carbonyl (C=O) groups is 1. The number of ketones is 1. The van der Waals surface area contributed by atoms with Crippen LogP contribution in [0.25, 0.3) is 11.3 Å². The fraction of sp³-hybridized carbons (Fsp3) is 0.522. The van der Waals surface area contributed by atoms with Crippen LogP contribution >= 0.6 is 11.6 Å². The van der Waals surface area contributed by atoms with Crippen LogP contribution in [0.2, 0.25) is 5.02 Å². The van der Waals surface area contributed by atoms with Gasteiger partial charge >= 0.3 is 6.18 Å². The summed E-state index contributed by atoms with van der Waals surface area (Å²) in [7, 11) is 0. The highest BCUT2D eigenvalue weighted by Crippen LogP contribution is 2.49. The van der Waals surface area contributed by atoms with Crippen molar-refractivity contribution in [3.63, 3.8) is 0 Å². The summed E-state index contributed by atoms with van der Waals surface area (Å²) in [5, 5.41) is 19.4. The second-order valence-corrected chi connectivity index (χ2v) is 9.04. The van der Waals surface area contributed by atoms with Gasteiger partial charge in [-0.15, -0.1) is 0 Å². The van der Waals surface area contributed by atoms with Gasteiger partial charge in [0.1, 0.15) is 5.82 Å². The fourth-order valence-corrected chi connectivity index (χ4v) is 3.96. The molecular weight excluding hydrogens is 461 g/mol. The monoisotopic (exact) mass is 486 g/mol. The van der Waals surface area contributed by atoms with Crippen LogP contribution < -0.4 is 5.56 Å². The Bertz CT molecular complexity index is 1060. The quantitative estimate of drug-likeness (QED) is 0.499. The molecule has 0 saturated heterocycles. The lowest BCUT2D eigenvalue weighted by Gasteiger charge is -2.16. The molecule has 0 atom stereocenters. The molecular formula is C23H26ClF3N2O4. The van der Waals surface area contributed by atoms with Gasteiger partial charge in [-0.25, -0.2) is 4.98 Å². The van der Waals surface area contributed by atoms with Crippen molar-refractivity contribution in [2.45, 2.75) is 64.3 Å². The van der Waals surface area contributed by atoms with Crippen molar-refractivity contribution in [2.75, 3.05) is 6.61 Å². The Balaban J connectivity index is 1.89. The first-order valence-electron chi connectivity index (χ1n) is 10.8. The molecule has 2 N–H and O–H groups in total. The van der Waals surface area contributed by atoms with Crippen molar-refractivity contribution >= 4 is 17.4 Å². The molecule has 1 saturated carbocycles. The second-order valence-electron chi connectivity index (χ2n) is 8.61. The molecule has 0 aliphatic heterocycles. The van der Waals surface area contributed by atoms with E-state index in [4.69, 9.17) is 11.6 Å². The van der Waals surface area contributed by atoms with E-state index >= 15 is 0 Å². The maximum atomic E-state index is 12.9. The van der Waals surface area contributed by atoms with Gasteiger partial charge in [-0.05, 0) is 48.8 Å². The molecule has 2 aromatic rings. The van der Waals surface area contributed by atoms with Gasteiger partial charge in [-0.1, -0.05) is 17.7 Å². The summed E-state index contributed by atoms with van der Waals surface area (Å²) in [6.07, 6.45) is -3.43. The Morgan fingerprint density at radius 2 is 1.94 bits per heavy atom. The maximum Gasteiger partial charge on any atom is 0.389 e. The third-order valence-electron chi connectivity index (χ3n) is 6.02. The molecule has 1 heterocycles. The molecule has 0 bridgehead atoms. The zero-order valence-electron chi connectivity index (χ0n) is 18.0. The molecule has 1 aliphatic carbocycles. The average Bonchev–Trinajstić information content (AvgIpc) is 3.54. The molecule has 1 aliphatic rings. The summed E-state index contributed by atoms with van der Waals surface area (Å²) >= 11 is 5.96. The van der Waals surface area contributed by atoms with Crippen molar-refractivity contribution in [2.24, 2.45) is 5.41 Å². The number of aliphatic hydroxyl groups is 2. The Morgan fingerprint density at radius 1 is 1.21 bits per heavy atom. The van der Waals surface area contributed by atoms with E-state index in [0.717, 1.165) is 17.4 Å². The van der Waals surface area contributed by atoms with Crippen molar-refractivity contribution in [3.05, 3.63) is 51.0 Å². The summed E-state index contributed by atoms with van der Waals surface area (Å²) in [6.45, 7) is -0.648. The van der Waals surface area contributed by atoms with E-state index < -0.39 is 18.2 Å². The van der Waals surface area contributed by atoms with Crippen molar-refractivity contribution < 1.29 is 28.2 Å². The van der Waals surface area contributed by atoms with Crippen LogP contribution in [0, 0.1) is 5.41 Å². The third kappa shape index (κ3) is 6.88. The largest absolute Gasteiger partial charge is 0.396 e. The summed E-state index contributed by atoms with van der Waals surface area (Å²) in [4.78, 5) is 29.8. The lowest BCUT2D eigenvalue weighted by atomic mass is 9.99. The molecule has 180 valence electrons. The number of aromatic nitrogens is 2. The summed E-state index contributed by atoms with van der Waals surface area (Å²) in [6, 6.07) is 5.87. The van der Waals surface area contributed by atoms with Crippen LogP contribution in [0.15, 0.2) is 29.1 Å². The van der Waals surface area contributed by atoms with E-state index in [1.165, 1.54) is 12.1 Å². The Kier molecular flexibility index (Phi) is 7.97. The van der Waals surface area contributed by atoms with Gasteiger partial charge in [-0.3, -0.25) is 14.2 Å². The van der Waals surface area contributed by atoms with E-state index in [-0.39, 0.29) is 61.7 Å².